The molecule has 2 aromatic carbocycles. The lowest BCUT2D eigenvalue weighted by Gasteiger charge is -2.22. The zero-order chi connectivity index (χ0) is 19.1. The van der Waals surface area contributed by atoms with Crippen molar-refractivity contribution in [2.75, 3.05) is 14.2 Å². The monoisotopic (exact) mass is 377 g/mol. The summed E-state index contributed by atoms with van der Waals surface area (Å²) in [5.41, 5.74) is 0.938. The van der Waals surface area contributed by atoms with Gasteiger partial charge in [0.25, 0.3) is 5.91 Å². The second-order valence-corrected chi connectivity index (χ2v) is 6.24. The predicted octanol–water partition coefficient (Wildman–Crippen LogP) is 4.39. The fourth-order valence-electron chi connectivity index (χ4n) is 2.58. The first kappa shape index (κ1) is 19.9. The van der Waals surface area contributed by atoms with Crippen LogP contribution in [0.3, 0.4) is 0 Å². The third-order valence-electron chi connectivity index (χ3n) is 4.01. The Morgan fingerprint density at radius 3 is 2.46 bits per heavy atom. The topological polar surface area (TPSA) is 56.8 Å². The van der Waals surface area contributed by atoms with Crippen molar-refractivity contribution in [2.24, 2.45) is 0 Å². The normalized spacial score (nSPS) is 12.8. The smallest absolute Gasteiger partial charge is 0.261 e. The van der Waals surface area contributed by atoms with Gasteiger partial charge in [-0.25, -0.2) is 0 Å². The number of amides is 1. The minimum atomic E-state index is -0.650. The van der Waals surface area contributed by atoms with Crippen molar-refractivity contribution in [1.29, 1.82) is 0 Å². The molecule has 140 valence electrons. The zero-order valence-electron chi connectivity index (χ0n) is 15.4. The van der Waals surface area contributed by atoms with E-state index < -0.39 is 6.10 Å². The van der Waals surface area contributed by atoms with Crippen molar-refractivity contribution in [3.05, 3.63) is 53.1 Å². The number of ether oxygens (including phenoxy) is 3. The van der Waals surface area contributed by atoms with Gasteiger partial charge in [-0.15, -0.1) is 0 Å². The second kappa shape index (κ2) is 9.34. The molecule has 0 aliphatic carbocycles. The van der Waals surface area contributed by atoms with Gasteiger partial charge in [0.15, 0.2) is 17.6 Å². The number of hydrogen-bond donors (Lipinski definition) is 1. The number of carbonyl (C=O) groups excluding carboxylic acids is 1. The second-order valence-electron chi connectivity index (χ2n) is 5.80. The highest BCUT2D eigenvalue weighted by atomic mass is 35.5. The lowest BCUT2D eigenvalue weighted by molar-refractivity contribution is -0.128. The van der Waals surface area contributed by atoms with Crippen LogP contribution in [0.1, 0.15) is 31.9 Å². The van der Waals surface area contributed by atoms with E-state index in [1.165, 1.54) is 0 Å². The van der Waals surface area contributed by atoms with Crippen LogP contribution in [0.2, 0.25) is 5.02 Å². The van der Waals surface area contributed by atoms with Crippen LogP contribution in [0, 0.1) is 0 Å². The Bertz CT molecular complexity index is 750. The van der Waals surface area contributed by atoms with Gasteiger partial charge < -0.3 is 19.5 Å². The predicted molar refractivity (Wildman–Crippen MR) is 102 cm³/mol. The Balaban J connectivity index is 2.07. The van der Waals surface area contributed by atoms with Gasteiger partial charge in [0.1, 0.15) is 5.75 Å². The molecule has 0 heterocycles. The molecule has 0 aromatic heterocycles. The van der Waals surface area contributed by atoms with E-state index in [-0.39, 0.29) is 11.9 Å². The summed E-state index contributed by atoms with van der Waals surface area (Å²) in [5.74, 6) is 1.63. The van der Waals surface area contributed by atoms with Crippen LogP contribution < -0.4 is 19.5 Å². The summed E-state index contributed by atoms with van der Waals surface area (Å²) in [4.78, 5) is 12.5. The minimum Gasteiger partial charge on any atom is -0.493 e. The Morgan fingerprint density at radius 1 is 1.12 bits per heavy atom. The number of rotatable bonds is 8. The summed E-state index contributed by atoms with van der Waals surface area (Å²) in [7, 11) is 3.17. The molecule has 2 atom stereocenters. The van der Waals surface area contributed by atoms with Crippen molar-refractivity contribution in [3.63, 3.8) is 0 Å². The molecule has 2 rings (SSSR count). The average molecular weight is 378 g/mol. The van der Waals surface area contributed by atoms with E-state index in [2.05, 4.69) is 5.32 Å². The summed E-state index contributed by atoms with van der Waals surface area (Å²) < 4.78 is 16.3. The molecule has 0 fully saturated rings. The van der Waals surface area contributed by atoms with Gasteiger partial charge in [-0.3, -0.25) is 4.79 Å². The van der Waals surface area contributed by atoms with Crippen molar-refractivity contribution >= 4 is 17.5 Å². The lowest BCUT2D eigenvalue weighted by atomic mass is 10.0. The summed E-state index contributed by atoms with van der Waals surface area (Å²) in [6.07, 6.45) is 0.0770. The fourth-order valence-corrected chi connectivity index (χ4v) is 2.76. The zero-order valence-corrected chi connectivity index (χ0v) is 16.2. The highest BCUT2D eigenvalue weighted by Crippen LogP contribution is 2.31. The first-order valence-electron chi connectivity index (χ1n) is 8.43. The third-order valence-corrected chi connectivity index (χ3v) is 4.25. The first-order chi connectivity index (χ1) is 12.5. The molecule has 6 heteroatoms. The quantitative estimate of drug-likeness (QED) is 0.741. The maximum atomic E-state index is 12.5. The summed E-state index contributed by atoms with van der Waals surface area (Å²) in [6.45, 7) is 3.71. The number of methoxy groups -OCH3 is 2. The SMILES string of the molecule is CC[C@H](NC(=O)[C@@H](C)Oc1cccc(Cl)c1)c1ccc(OC)c(OC)c1. The van der Waals surface area contributed by atoms with Crippen LogP contribution >= 0.6 is 11.6 Å². The van der Waals surface area contributed by atoms with Gasteiger partial charge in [0, 0.05) is 5.02 Å². The van der Waals surface area contributed by atoms with E-state index in [0.717, 1.165) is 12.0 Å². The number of carbonyl (C=O) groups is 1. The first-order valence-corrected chi connectivity index (χ1v) is 8.80. The molecule has 0 saturated heterocycles. The highest BCUT2D eigenvalue weighted by Gasteiger charge is 2.20. The van der Waals surface area contributed by atoms with Gasteiger partial charge in [-0.05, 0) is 49.2 Å². The number of benzene rings is 2. The van der Waals surface area contributed by atoms with Crippen LogP contribution in [0.4, 0.5) is 0 Å². The standard InChI is InChI=1S/C20H24ClNO4/c1-5-17(14-9-10-18(24-3)19(11-14)25-4)22-20(23)13(2)26-16-8-6-7-15(21)12-16/h6-13,17H,5H2,1-4H3,(H,22,23)/t13-,17+/m1/s1. The van der Waals surface area contributed by atoms with E-state index in [4.69, 9.17) is 25.8 Å². The van der Waals surface area contributed by atoms with Crippen LogP contribution in [-0.4, -0.2) is 26.2 Å². The molecule has 1 N–H and O–H groups in total. The molecule has 0 saturated carbocycles. The molecule has 0 aliphatic rings. The highest BCUT2D eigenvalue weighted by molar-refractivity contribution is 6.30. The van der Waals surface area contributed by atoms with E-state index in [0.29, 0.717) is 22.3 Å². The van der Waals surface area contributed by atoms with Gasteiger partial charge in [-0.2, -0.15) is 0 Å². The molecule has 2 aromatic rings. The van der Waals surface area contributed by atoms with E-state index in [1.54, 1.807) is 45.4 Å². The molecule has 0 spiro atoms. The fraction of sp³-hybridized carbons (Fsp3) is 0.350. The molecular weight excluding hydrogens is 354 g/mol. The average Bonchev–Trinajstić information content (AvgIpc) is 2.65. The van der Waals surface area contributed by atoms with Crippen LogP contribution in [0.25, 0.3) is 0 Å². The minimum absolute atomic E-state index is 0.160. The van der Waals surface area contributed by atoms with E-state index in [1.807, 2.05) is 25.1 Å². The maximum Gasteiger partial charge on any atom is 0.261 e. The van der Waals surface area contributed by atoms with Crippen LogP contribution in [0.5, 0.6) is 17.2 Å². The Labute approximate surface area is 159 Å². The Morgan fingerprint density at radius 2 is 1.85 bits per heavy atom. The molecular formula is C20H24ClNO4. The van der Waals surface area contributed by atoms with Crippen molar-refractivity contribution in [1.82, 2.24) is 5.32 Å². The molecule has 26 heavy (non-hydrogen) atoms. The summed E-state index contributed by atoms with van der Waals surface area (Å²) in [5, 5.41) is 3.58. The molecule has 0 unspecified atom stereocenters. The Kier molecular flexibility index (Phi) is 7.16. The van der Waals surface area contributed by atoms with E-state index in [9.17, 15) is 4.79 Å². The molecule has 5 nitrogen and oxygen atoms in total. The van der Waals surface area contributed by atoms with Crippen molar-refractivity contribution < 1.29 is 19.0 Å². The number of hydrogen-bond acceptors (Lipinski definition) is 4. The van der Waals surface area contributed by atoms with Gasteiger partial charge in [-0.1, -0.05) is 30.7 Å². The van der Waals surface area contributed by atoms with Crippen LogP contribution in [-0.2, 0) is 4.79 Å². The number of halogens is 1. The van der Waals surface area contributed by atoms with Gasteiger partial charge in [0.05, 0.1) is 20.3 Å². The van der Waals surface area contributed by atoms with Crippen molar-refractivity contribution in [3.8, 4) is 17.2 Å². The molecule has 0 aliphatic heterocycles. The molecule has 0 radical (unpaired) electrons. The van der Waals surface area contributed by atoms with Crippen molar-refractivity contribution in [2.45, 2.75) is 32.4 Å². The summed E-state index contributed by atoms with van der Waals surface area (Å²) >= 11 is 5.95. The molecule has 1 amide bonds. The third kappa shape index (κ3) is 5.05. The van der Waals surface area contributed by atoms with Gasteiger partial charge in [0.2, 0.25) is 0 Å². The van der Waals surface area contributed by atoms with Gasteiger partial charge >= 0.3 is 0 Å². The summed E-state index contributed by atoms with van der Waals surface area (Å²) in [6, 6.07) is 12.4. The number of nitrogens with one attached hydrogen (secondary N) is 1. The Hall–Kier alpha value is -2.40. The maximum absolute atomic E-state index is 12.5. The van der Waals surface area contributed by atoms with Crippen LogP contribution in [0.15, 0.2) is 42.5 Å². The largest absolute Gasteiger partial charge is 0.493 e. The van der Waals surface area contributed by atoms with E-state index >= 15 is 0 Å². The molecule has 0 bridgehead atoms. The lowest BCUT2D eigenvalue weighted by Crippen LogP contribution is -2.38.